The quantitative estimate of drug-likeness (QED) is 0.273. The fraction of sp³-hybridized carbons (Fsp3) is 0.0625. The van der Waals surface area contributed by atoms with Gasteiger partial charge in [0, 0.05) is 0 Å². The summed E-state index contributed by atoms with van der Waals surface area (Å²) in [5.41, 5.74) is 4.62. The molecule has 1 atom stereocenters. The van der Waals surface area contributed by atoms with E-state index >= 15 is 0 Å². The van der Waals surface area contributed by atoms with Crippen LogP contribution < -0.4 is 9.47 Å². The summed E-state index contributed by atoms with van der Waals surface area (Å²) in [4.78, 5) is 0.182. The molecule has 6 rings (SSSR count). The van der Waals surface area contributed by atoms with E-state index in [0.717, 1.165) is 27.8 Å². The van der Waals surface area contributed by atoms with Crippen LogP contribution in [0.5, 0.6) is 17.2 Å². The Labute approximate surface area is 221 Å². The second-order valence-electron chi connectivity index (χ2n) is 9.10. The maximum absolute atomic E-state index is 13.8. The van der Waals surface area contributed by atoms with Crippen molar-refractivity contribution in [2.24, 2.45) is 0 Å². The van der Waals surface area contributed by atoms with Crippen molar-refractivity contribution < 1.29 is 23.0 Å². The van der Waals surface area contributed by atoms with Crippen LogP contribution in [-0.2, 0) is 16.4 Å². The highest BCUT2D eigenvalue weighted by Gasteiger charge is 2.28. The summed E-state index contributed by atoms with van der Waals surface area (Å²) in [5, 5.41) is 9.62. The third-order valence-corrected chi connectivity index (χ3v) is 8.42. The second-order valence-corrected chi connectivity index (χ2v) is 11.0. The number of hydrogen-bond donors (Lipinski definition) is 1. The maximum atomic E-state index is 13.8. The highest BCUT2D eigenvalue weighted by atomic mass is 32.2. The summed E-state index contributed by atoms with van der Waals surface area (Å²) in [6, 6.07) is 36.3. The minimum atomic E-state index is -3.93. The van der Waals surface area contributed by atoms with Crippen LogP contribution in [0.2, 0.25) is 0 Å². The second kappa shape index (κ2) is 9.72. The van der Waals surface area contributed by atoms with Gasteiger partial charge in [0.15, 0.2) is 0 Å². The first-order valence-electron chi connectivity index (χ1n) is 12.2. The van der Waals surface area contributed by atoms with Crippen molar-refractivity contribution in [2.75, 3.05) is 0 Å². The van der Waals surface area contributed by atoms with Crippen LogP contribution in [0.3, 0.4) is 0 Å². The summed E-state index contributed by atoms with van der Waals surface area (Å²) in [7, 11) is -3.93. The average Bonchev–Trinajstić information content (AvgIpc) is 2.95. The summed E-state index contributed by atoms with van der Waals surface area (Å²) in [6.45, 7) is 0.217. The van der Waals surface area contributed by atoms with E-state index in [9.17, 15) is 13.5 Å². The van der Waals surface area contributed by atoms with Gasteiger partial charge in [0.25, 0.3) is 0 Å². The van der Waals surface area contributed by atoms with E-state index in [1.54, 1.807) is 60.7 Å². The van der Waals surface area contributed by atoms with Crippen LogP contribution in [0.15, 0.2) is 131 Å². The Hall–Kier alpha value is -4.55. The van der Waals surface area contributed by atoms with Crippen LogP contribution >= 0.6 is 0 Å². The molecule has 38 heavy (non-hydrogen) atoms. The van der Waals surface area contributed by atoms with Gasteiger partial charge < -0.3 is 14.6 Å². The molecule has 188 valence electrons. The molecule has 5 aromatic carbocycles. The number of phenols is 1. The van der Waals surface area contributed by atoms with Gasteiger partial charge in [-0.3, -0.25) is 0 Å². The molecule has 6 heteroatoms. The molecule has 2 bridgehead atoms. The molecule has 0 radical (unpaired) electrons. The average molecular weight is 521 g/mol. The molecule has 0 fully saturated rings. The van der Waals surface area contributed by atoms with Gasteiger partial charge in [0.05, 0.1) is 0 Å². The molecule has 0 aliphatic carbocycles. The van der Waals surface area contributed by atoms with Crippen molar-refractivity contribution in [3.05, 3.63) is 138 Å². The lowest BCUT2D eigenvalue weighted by Gasteiger charge is -2.24. The van der Waals surface area contributed by atoms with E-state index < -0.39 is 15.9 Å². The van der Waals surface area contributed by atoms with E-state index in [4.69, 9.17) is 9.47 Å². The number of sulfone groups is 1. The molecular formula is C32H24O5S. The lowest BCUT2D eigenvalue weighted by Crippen LogP contribution is -2.14. The number of hydrogen-bond acceptors (Lipinski definition) is 5. The predicted octanol–water partition coefficient (Wildman–Crippen LogP) is 6.95. The summed E-state index contributed by atoms with van der Waals surface area (Å²) < 4.78 is 40.2. The molecule has 1 aliphatic rings. The van der Waals surface area contributed by atoms with Crippen molar-refractivity contribution in [1.29, 1.82) is 0 Å². The lowest BCUT2D eigenvalue weighted by atomic mass is 9.97. The Morgan fingerprint density at radius 1 is 0.632 bits per heavy atom. The molecule has 5 aromatic rings. The fourth-order valence-corrected chi connectivity index (χ4v) is 6.17. The minimum Gasteiger partial charge on any atom is -0.508 e. The summed E-state index contributed by atoms with van der Waals surface area (Å²) in [5.74, 6) is 0.780. The Bertz CT molecular complexity index is 1710. The molecule has 0 aromatic heterocycles. The zero-order valence-corrected chi connectivity index (χ0v) is 21.1. The SMILES string of the molecule is O=S1(=O)c2ccccc2OCc2cccc(c2)C(c2ccc(-c3ccc(O)cc3)cc2)Oc2ccccc21. The van der Waals surface area contributed by atoms with E-state index in [1.807, 2.05) is 60.7 Å². The van der Waals surface area contributed by atoms with Gasteiger partial charge >= 0.3 is 0 Å². The molecule has 1 aliphatic heterocycles. The monoisotopic (exact) mass is 520 g/mol. The van der Waals surface area contributed by atoms with Crippen LogP contribution in [0.1, 0.15) is 22.8 Å². The zero-order valence-electron chi connectivity index (χ0n) is 20.3. The van der Waals surface area contributed by atoms with E-state index in [1.165, 1.54) is 0 Å². The molecule has 0 saturated carbocycles. The zero-order chi connectivity index (χ0) is 26.1. The minimum absolute atomic E-state index is 0.0819. The van der Waals surface area contributed by atoms with Crippen LogP contribution in [0.4, 0.5) is 0 Å². The molecule has 1 unspecified atom stereocenters. The first kappa shape index (κ1) is 23.8. The van der Waals surface area contributed by atoms with Crippen molar-refractivity contribution >= 4 is 9.84 Å². The highest BCUT2D eigenvalue weighted by Crippen LogP contribution is 2.39. The standard InChI is InChI=1S/C32H24O5S/c33-27-18-16-24(17-19-27)23-12-14-25(15-13-23)32-26-7-5-6-22(20-26)21-36-28-8-1-3-10-30(28)38(34,35)31-11-4-2-9-29(31)37-32/h1-20,32-33H,21H2. The van der Waals surface area contributed by atoms with Crippen molar-refractivity contribution in [3.8, 4) is 28.4 Å². The highest BCUT2D eigenvalue weighted by molar-refractivity contribution is 7.91. The van der Waals surface area contributed by atoms with Gasteiger partial charge in [-0.05, 0) is 70.3 Å². The first-order valence-corrected chi connectivity index (χ1v) is 13.7. The van der Waals surface area contributed by atoms with E-state index in [2.05, 4.69) is 0 Å². The van der Waals surface area contributed by atoms with Crippen molar-refractivity contribution in [3.63, 3.8) is 0 Å². The van der Waals surface area contributed by atoms with Crippen molar-refractivity contribution in [1.82, 2.24) is 0 Å². The summed E-state index contributed by atoms with van der Waals surface area (Å²) in [6.07, 6.45) is -0.560. The maximum Gasteiger partial charge on any atom is 0.213 e. The number of rotatable bonds is 2. The fourth-order valence-electron chi connectivity index (χ4n) is 4.65. The summed E-state index contributed by atoms with van der Waals surface area (Å²) >= 11 is 0. The molecule has 0 spiro atoms. The third kappa shape index (κ3) is 4.51. The lowest BCUT2D eigenvalue weighted by molar-refractivity contribution is 0.239. The van der Waals surface area contributed by atoms with Gasteiger partial charge in [-0.2, -0.15) is 0 Å². The predicted molar refractivity (Wildman–Crippen MR) is 145 cm³/mol. The molecule has 0 saturated heterocycles. The van der Waals surface area contributed by atoms with Gasteiger partial charge in [-0.15, -0.1) is 0 Å². The number of fused-ring (bicyclic) bond motifs is 4. The van der Waals surface area contributed by atoms with E-state index in [0.29, 0.717) is 5.75 Å². The Morgan fingerprint density at radius 2 is 1.24 bits per heavy atom. The third-order valence-electron chi connectivity index (χ3n) is 6.58. The van der Waals surface area contributed by atoms with Crippen LogP contribution in [0, 0.1) is 0 Å². The largest absolute Gasteiger partial charge is 0.508 e. The number of phenolic OH excluding ortho intramolecular Hbond substituents is 1. The number of ether oxygens (including phenoxy) is 2. The van der Waals surface area contributed by atoms with Crippen LogP contribution in [0.25, 0.3) is 11.1 Å². The van der Waals surface area contributed by atoms with Gasteiger partial charge in [0.2, 0.25) is 9.84 Å². The number of aromatic hydroxyl groups is 1. The van der Waals surface area contributed by atoms with Crippen LogP contribution in [-0.4, -0.2) is 13.5 Å². The van der Waals surface area contributed by atoms with Gasteiger partial charge in [-0.25, -0.2) is 8.42 Å². The van der Waals surface area contributed by atoms with E-state index in [-0.39, 0.29) is 27.9 Å². The first-order chi connectivity index (χ1) is 18.5. The molecule has 0 amide bonds. The smallest absolute Gasteiger partial charge is 0.213 e. The topological polar surface area (TPSA) is 72.8 Å². The van der Waals surface area contributed by atoms with Crippen molar-refractivity contribution in [2.45, 2.75) is 22.5 Å². The normalized spacial score (nSPS) is 15.9. The van der Waals surface area contributed by atoms with Gasteiger partial charge in [0.1, 0.15) is 39.8 Å². The Balaban J connectivity index is 1.48. The molecule has 1 heterocycles. The molecular weight excluding hydrogens is 496 g/mol. The molecule has 1 N–H and O–H groups in total. The molecule has 5 nitrogen and oxygen atoms in total. The Kier molecular flexibility index (Phi) is 6.10. The number of benzene rings is 5. The number of para-hydroxylation sites is 2. The van der Waals surface area contributed by atoms with Gasteiger partial charge in [-0.1, -0.05) is 78.9 Å². The Morgan fingerprint density at radius 3 is 1.95 bits per heavy atom.